The average molecular weight is 467 g/mol. The zero-order chi connectivity index (χ0) is 23.5. The summed E-state index contributed by atoms with van der Waals surface area (Å²) in [6.07, 6.45) is 0. The number of aromatic hydroxyl groups is 1. The lowest BCUT2D eigenvalue weighted by molar-refractivity contribution is 0.102. The molecule has 0 bridgehead atoms. The van der Waals surface area contributed by atoms with Gasteiger partial charge in [-0.2, -0.15) is 0 Å². The van der Waals surface area contributed by atoms with Gasteiger partial charge in [0.05, 0.1) is 0 Å². The predicted molar refractivity (Wildman–Crippen MR) is 134 cm³/mol. The van der Waals surface area contributed by atoms with E-state index < -0.39 is 0 Å². The van der Waals surface area contributed by atoms with E-state index in [4.69, 9.17) is 21.0 Å². The highest BCUT2D eigenvalue weighted by molar-refractivity contribution is 6.30. The molecule has 0 spiro atoms. The maximum absolute atomic E-state index is 12.9. The smallest absolute Gasteiger partial charge is 0.258 e. The van der Waals surface area contributed by atoms with Crippen molar-refractivity contribution in [3.8, 4) is 39.6 Å². The van der Waals surface area contributed by atoms with Crippen LogP contribution >= 0.6 is 11.6 Å². The Kier molecular flexibility index (Phi) is 5.85. The minimum Gasteiger partial charge on any atom is -0.508 e. The Balaban J connectivity index is 1.63. The van der Waals surface area contributed by atoms with Crippen molar-refractivity contribution >= 4 is 23.4 Å². The standard InChI is InChI=1S/C28H19ClN2O3/c29-21-12-6-11-20(16-21)25-28(31-26(33)18-8-2-1-3-9-18)34-27(30-25)24-15-5-4-14-23(24)19-10-7-13-22(32)17-19/h1-17,32H,(H,31,33). The molecule has 4 aromatic carbocycles. The van der Waals surface area contributed by atoms with Gasteiger partial charge in [-0.25, -0.2) is 4.98 Å². The van der Waals surface area contributed by atoms with Crippen LogP contribution in [-0.2, 0) is 0 Å². The van der Waals surface area contributed by atoms with Crippen LogP contribution in [0.4, 0.5) is 5.88 Å². The van der Waals surface area contributed by atoms with E-state index in [0.717, 1.165) is 16.7 Å². The van der Waals surface area contributed by atoms with Gasteiger partial charge in [-0.05, 0) is 53.6 Å². The fourth-order valence-corrected chi connectivity index (χ4v) is 3.90. The first-order valence-electron chi connectivity index (χ1n) is 10.6. The Morgan fingerprint density at radius 3 is 2.26 bits per heavy atom. The number of rotatable bonds is 5. The second-order valence-corrected chi connectivity index (χ2v) is 8.06. The molecule has 1 heterocycles. The minimum atomic E-state index is -0.312. The number of hydrogen-bond donors (Lipinski definition) is 2. The molecule has 5 aromatic rings. The van der Waals surface area contributed by atoms with Crippen LogP contribution in [0.15, 0.2) is 108 Å². The second-order valence-electron chi connectivity index (χ2n) is 7.62. The van der Waals surface area contributed by atoms with Crippen molar-refractivity contribution < 1.29 is 14.3 Å². The number of phenols is 1. The molecule has 1 aromatic heterocycles. The van der Waals surface area contributed by atoms with Crippen LogP contribution < -0.4 is 5.32 Å². The fourth-order valence-electron chi connectivity index (χ4n) is 3.71. The molecule has 2 N–H and O–H groups in total. The van der Waals surface area contributed by atoms with Gasteiger partial charge in [0.1, 0.15) is 11.4 Å². The van der Waals surface area contributed by atoms with E-state index in [1.807, 2.05) is 48.5 Å². The van der Waals surface area contributed by atoms with Crippen LogP contribution in [0.3, 0.4) is 0 Å². The molecule has 5 rings (SSSR count). The van der Waals surface area contributed by atoms with Gasteiger partial charge in [0, 0.05) is 21.7 Å². The van der Waals surface area contributed by atoms with Crippen LogP contribution in [0.2, 0.25) is 5.02 Å². The first-order valence-corrected chi connectivity index (χ1v) is 11.0. The quantitative estimate of drug-likeness (QED) is 0.285. The van der Waals surface area contributed by atoms with Gasteiger partial charge in [0.2, 0.25) is 11.8 Å². The maximum Gasteiger partial charge on any atom is 0.258 e. The Morgan fingerprint density at radius 2 is 1.50 bits per heavy atom. The molecule has 5 nitrogen and oxygen atoms in total. The summed E-state index contributed by atoms with van der Waals surface area (Å²) in [6.45, 7) is 0. The monoisotopic (exact) mass is 466 g/mol. The number of amides is 1. The van der Waals surface area contributed by atoms with Crippen LogP contribution in [0, 0.1) is 0 Å². The van der Waals surface area contributed by atoms with Crippen LogP contribution in [0.25, 0.3) is 33.8 Å². The number of carbonyl (C=O) groups is 1. The van der Waals surface area contributed by atoms with Crippen LogP contribution in [0.5, 0.6) is 5.75 Å². The van der Waals surface area contributed by atoms with Gasteiger partial charge in [0.15, 0.2) is 0 Å². The Bertz CT molecular complexity index is 1480. The normalized spacial score (nSPS) is 10.7. The van der Waals surface area contributed by atoms with Crippen molar-refractivity contribution in [2.24, 2.45) is 0 Å². The SMILES string of the molecule is O=C(Nc1oc(-c2ccccc2-c2cccc(O)c2)nc1-c1cccc(Cl)c1)c1ccccc1. The molecule has 0 atom stereocenters. The lowest BCUT2D eigenvalue weighted by Crippen LogP contribution is -2.11. The van der Waals surface area contributed by atoms with Crippen molar-refractivity contribution in [1.82, 2.24) is 4.98 Å². The summed E-state index contributed by atoms with van der Waals surface area (Å²) in [6, 6.07) is 30.7. The summed E-state index contributed by atoms with van der Waals surface area (Å²) < 4.78 is 6.13. The highest BCUT2D eigenvalue weighted by Gasteiger charge is 2.21. The number of anilines is 1. The minimum absolute atomic E-state index is 0.162. The molecule has 0 saturated heterocycles. The zero-order valence-electron chi connectivity index (χ0n) is 17.9. The van der Waals surface area contributed by atoms with E-state index in [9.17, 15) is 9.90 Å². The van der Waals surface area contributed by atoms with Crippen molar-refractivity contribution in [3.63, 3.8) is 0 Å². The Labute approximate surface area is 201 Å². The summed E-state index contributed by atoms with van der Waals surface area (Å²) in [7, 11) is 0. The lowest BCUT2D eigenvalue weighted by atomic mass is 9.99. The zero-order valence-corrected chi connectivity index (χ0v) is 18.7. The number of halogens is 1. The summed E-state index contributed by atoms with van der Waals surface area (Å²) >= 11 is 6.22. The molecular formula is C28H19ClN2O3. The third-order valence-electron chi connectivity index (χ3n) is 5.30. The molecule has 6 heteroatoms. The summed E-state index contributed by atoms with van der Waals surface area (Å²) in [5.41, 5.74) is 4.04. The number of carbonyl (C=O) groups excluding carboxylic acids is 1. The number of hydrogen-bond acceptors (Lipinski definition) is 4. The molecule has 0 fully saturated rings. The van der Waals surface area contributed by atoms with Crippen molar-refractivity contribution in [3.05, 3.63) is 114 Å². The molecule has 0 unspecified atom stereocenters. The van der Waals surface area contributed by atoms with Gasteiger partial charge in [-0.1, -0.05) is 72.3 Å². The third-order valence-corrected chi connectivity index (χ3v) is 5.54. The van der Waals surface area contributed by atoms with Crippen molar-refractivity contribution in [1.29, 1.82) is 0 Å². The van der Waals surface area contributed by atoms with Crippen molar-refractivity contribution in [2.75, 3.05) is 5.32 Å². The highest BCUT2D eigenvalue weighted by Crippen LogP contribution is 2.38. The van der Waals surface area contributed by atoms with Gasteiger partial charge in [-0.3, -0.25) is 10.1 Å². The number of phenolic OH excluding ortho intramolecular Hbond substituents is 1. The second kappa shape index (κ2) is 9.25. The summed E-state index contributed by atoms with van der Waals surface area (Å²) in [5.74, 6) is 0.400. The van der Waals surface area contributed by atoms with E-state index in [2.05, 4.69) is 5.32 Å². The first kappa shape index (κ1) is 21.5. The third kappa shape index (κ3) is 4.42. The van der Waals surface area contributed by atoms with E-state index >= 15 is 0 Å². The largest absolute Gasteiger partial charge is 0.508 e. The Morgan fingerprint density at radius 1 is 0.794 bits per heavy atom. The van der Waals surface area contributed by atoms with Gasteiger partial charge < -0.3 is 9.52 Å². The molecule has 0 aliphatic carbocycles. The lowest BCUT2D eigenvalue weighted by Gasteiger charge is -2.07. The maximum atomic E-state index is 12.9. The highest BCUT2D eigenvalue weighted by atomic mass is 35.5. The molecule has 166 valence electrons. The average Bonchev–Trinajstić information content (AvgIpc) is 3.28. The number of nitrogens with one attached hydrogen (secondary N) is 1. The van der Waals surface area contributed by atoms with E-state index in [1.54, 1.807) is 54.6 Å². The van der Waals surface area contributed by atoms with E-state index in [1.165, 1.54) is 0 Å². The molecule has 0 saturated carbocycles. The molecule has 0 radical (unpaired) electrons. The molecular weight excluding hydrogens is 448 g/mol. The molecule has 0 aliphatic rings. The van der Waals surface area contributed by atoms with Crippen molar-refractivity contribution in [2.45, 2.75) is 0 Å². The number of nitrogens with zero attached hydrogens (tertiary/aromatic N) is 1. The fraction of sp³-hybridized carbons (Fsp3) is 0. The summed E-state index contributed by atoms with van der Waals surface area (Å²) in [4.78, 5) is 17.6. The predicted octanol–water partition coefficient (Wildman–Crippen LogP) is 7.29. The molecule has 0 aliphatic heterocycles. The number of aromatic nitrogens is 1. The number of oxazole rings is 1. The van der Waals surface area contributed by atoms with Gasteiger partial charge in [0.25, 0.3) is 5.91 Å². The van der Waals surface area contributed by atoms with Gasteiger partial charge >= 0.3 is 0 Å². The summed E-state index contributed by atoms with van der Waals surface area (Å²) in [5, 5.41) is 13.4. The van der Waals surface area contributed by atoms with E-state index in [0.29, 0.717) is 27.7 Å². The molecule has 1 amide bonds. The topological polar surface area (TPSA) is 75.4 Å². The van der Waals surface area contributed by atoms with E-state index in [-0.39, 0.29) is 17.5 Å². The van der Waals surface area contributed by atoms with Crippen LogP contribution in [0.1, 0.15) is 10.4 Å². The van der Waals surface area contributed by atoms with Gasteiger partial charge in [-0.15, -0.1) is 0 Å². The number of benzene rings is 4. The first-order chi connectivity index (χ1) is 16.6. The van der Waals surface area contributed by atoms with Crippen LogP contribution in [-0.4, -0.2) is 16.0 Å². The Hall–Kier alpha value is -4.35. The molecule has 34 heavy (non-hydrogen) atoms.